The van der Waals surface area contributed by atoms with Crippen molar-refractivity contribution in [3.05, 3.63) is 89.7 Å². The van der Waals surface area contributed by atoms with Gasteiger partial charge in [-0.3, -0.25) is 14.8 Å². The number of aromatic nitrogens is 1. The lowest BCUT2D eigenvalue weighted by atomic mass is 10.0. The van der Waals surface area contributed by atoms with Crippen LogP contribution < -0.4 is 10.1 Å². The van der Waals surface area contributed by atoms with Crippen molar-refractivity contribution >= 4 is 40.1 Å². The molecule has 0 radical (unpaired) electrons. The Bertz CT molecular complexity index is 1450. The Morgan fingerprint density at radius 2 is 2.09 bits per heavy atom. The molecule has 0 atom stereocenters. The van der Waals surface area contributed by atoms with Gasteiger partial charge in [-0.2, -0.15) is 0 Å². The van der Waals surface area contributed by atoms with Gasteiger partial charge in [0.15, 0.2) is 16.9 Å². The lowest BCUT2D eigenvalue weighted by Crippen LogP contribution is -2.23. The number of pyridine rings is 1. The van der Waals surface area contributed by atoms with Crippen LogP contribution in [0, 0.1) is 5.82 Å². The van der Waals surface area contributed by atoms with Crippen LogP contribution in [0.1, 0.15) is 30.0 Å². The second-order valence-corrected chi connectivity index (χ2v) is 8.06. The first kappa shape index (κ1) is 23.9. The van der Waals surface area contributed by atoms with Crippen LogP contribution >= 0.6 is 0 Å². The molecule has 0 aliphatic heterocycles. The van der Waals surface area contributed by atoms with E-state index in [2.05, 4.69) is 22.0 Å². The van der Waals surface area contributed by atoms with Gasteiger partial charge in [0, 0.05) is 41.7 Å². The Kier molecular flexibility index (Phi) is 7.35. The number of ether oxygens (including phenoxy) is 1. The van der Waals surface area contributed by atoms with Crippen molar-refractivity contribution < 1.29 is 18.3 Å². The summed E-state index contributed by atoms with van der Waals surface area (Å²) < 4.78 is 26.0. The maximum atomic E-state index is 14.6. The van der Waals surface area contributed by atoms with Crippen molar-refractivity contribution in [2.45, 2.75) is 26.3 Å². The van der Waals surface area contributed by atoms with E-state index in [-0.39, 0.29) is 24.7 Å². The van der Waals surface area contributed by atoms with Gasteiger partial charge in [0.1, 0.15) is 5.82 Å². The summed E-state index contributed by atoms with van der Waals surface area (Å²) in [7, 11) is 1.59. The van der Waals surface area contributed by atoms with E-state index >= 15 is 0 Å². The number of hydrogen-bond donors (Lipinski definition) is 1. The SMILES string of the molecule is C=N/C=C\C=C(/C)c1ccc(CNC(=O)CCc2ccc(OC)c3oc4cnccc4c23)c(F)c1. The van der Waals surface area contributed by atoms with Gasteiger partial charge in [-0.1, -0.05) is 24.3 Å². The molecule has 2 aromatic carbocycles. The van der Waals surface area contributed by atoms with Crippen molar-refractivity contribution in [1.29, 1.82) is 0 Å². The molecule has 1 amide bonds. The maximum Gasteiger partial charge on any atom is 0.220 e. The van der Waals surface area contributed by atoms with Gasteiger partial charge in [0.05, 0.1) is 13.3 Å². The van der Waals surface area contributed by atoms with Crippen LogP contribution in [-0.4, -0.2) is 24.7 Å². The highest BCUT2D eigenvalue weighted by molar-refractivity contribution is 6.08. The number of carbonyl (C=O) groups is 1. The quantitative estimate of drug-likeness (QED) is 0.240. The lowest BCUT2D eigenvalue weighted by Gasteiger charge is -2.09. The number of furan rings is 1. The van der Waals surface area contributed by atoms with Gasteiger partial charge in [0.2, 0.25) is 5.91 Å². The molecule has 0 saturated carbocycles. The molecule has 2 heterocycles. The number of hydrogen-bond acceptors (Lipinski definition) is 5. The molecule has 4 aromatic rings. The first-order chi connectivity index (χ1) is 17.0. The fraction of sp³-hybridized carbons (Fsp3) is 0.179. The standard InChI is InChI=1S/C28H26FN3O3/c1-18(5-4-13-30-2)20-6-7-21(23(29)15-20)16-32-26(33)11-9-19-8-10-24(34-3)28-27(19)22-12-14-31-17-25(22)35-28/h4-8,10,12-15,17H,2,9,11,16H2,1,3H3,(H,32,33)/b13-4-,18-5+. The number of halogens is 1. The topological polar surface area (TPSA) is 76.7 Å². The third kappa shape index (κ3) is 5.30. The number of methoxy groups -OCH3 is 1. The smallest absolute Gasteiger partial charge is 0.220 e. The van der Waals surface area contributed by atoms with Crippen LogP contribution in [0.4, 0.5) is 4.39 Å². The Morgan fingerprint density at radius 1 is 1.26 bits per heavy atom. The minimum absolute atomic E-state index is 0.117. The number of aliphatic imine (C=N–C) groups is 1. The highest BCUT2D eigenvalue weighted by Crippen LogP contribution is 2.37. The second kappa shape index (κ2) is 10.8. The molecule has 35 heavy (non-hydrogen) atoms. The number of rotatable bonds is 9. The molecule has 178 valence electrons. The Hall–Kier alpha value is -4.26. The van der Waals surface area contributed by atoms with Crippen LogP contribution in [0.5, 0.6) is 5.75 Å². The highest BCUT2D eigenvalue weighted by atomic mass is 19.1. The molecular weight excluding hydrogens is 445 g/mol. The van der Waals surface area contributed by atoms with E-state index in [1.165, 1.54) is 6.07 Å². The number of fused-ring (bicyclic) bond motifs is 3. The van der Waals surface area contributed by atoms with Crippen LogP contribution in [0.15, 0.2) is 76.6 Å². The van der Waals surface area contributed by atoms with Crippen molar-refractivity contribution in [3.63, 3.8) is 0 Å². The molecule has 0 fully saturated rings. The van der Waals surface area contributed by atoms with Gasteiger partial charge in [0.25, 0.3) is 0 Å². The Labute approximate surface area is 202 Å². The third-order valence-corrected chi connectivity index (χ3v) is 5.84. The van der Waals surface area contributed by atoms with Crippen LogP contribution in [0.25, 0.3) is 27.5 Å². The first-order valence-corrected chi connectivity index (χ1v) is 11.2. The van der Waals surface area contributed by atoms with E-state index in [0.717, 1.165) is 27.5 Å². The molecular formula is C28H26FN3O3. The normalized spacial score (nSPS) is 11.9. The van der Waals surface area contributed by atoms with E-state index in [4.69, 9.17) is 9.15 Å². The minimum atomic E-state index is -0.364. The van der Waals surface area contributed by atoms with Gasteiger partial charge >= 0.3 is 0 Å². The molecule has 0 bridgehead atoms. The van der Waals surface area contributed by atoms with Gasteiger partial charge in [-0.15, -0.1) is 0 Å². The van der Waals surface area contributed by atoms with Crippen molar-refractivity contribution in [2.24, 2.45) is 4.99 Å². The summed E-state index contributed by atoms with van der Waals surface area (Å²) in [5.41, 5.74) is 4.36. The van der Waals surface area contributed by atoms with E-state index in [1.807, 2.05) is 37.3 Å². The summed E-state index contributed by atoms with van der Waals surface area (Å²) in [6.07, 6.45) is 9.27. The monoisotopic (exact) mass is 471 g/mol. The molecule has 0 spiro atoms. The lowest BCUT2D eigenvalue weighted by molar-refractivity contribution is -0.121. The second-order valence-electron chi connectivity index (χ2n) is 8.06. The Morgan fingerprint density at radius 3 is 2.86 bits per heavy atom. The fourth-order valence-electron chi connectivity index (χ4n) is 3.96. The highest BCUT2D eigenvalue weighted by Gasteiger charge is 2.16. The summed E-state index contributed by atoms with van der Waals surface area (Å²) in [6, 6.07) is 10.7. The van der Waals surface area contributed by atoms with Crippen LogP contribution in [0.3, 0.4) is 0 Å². The number of nitrogens with one attached hydrogen (secondary N) is 1. The average Bonchev–Trinajstić information content (AvgIpc) is 3.26. The molecule has 7 heteroatoms. The van der Waals surface area contributed by atoms with Crippen LogP contribution in [-0.2, 0) is 17.8 Å². The summed E-state index contributed by atoms with van der Waals surface area (Å²) in [6.45, 7) is 5.38. The molecule has 0 saturated heterocycles. The number of nitrogens with zero attached hydrogens (tertiary/aromatic N) is 2. The Balaban J connectivity index is 1.43. The van der Waals surface area contributed by atoms with Gasteiger partial charge in [-0.25, -0.2) is 4.39 Å². The van der Waals surface area contributed by atoms with E-state index in [0.29, 0.717) is 28.9 Å². The van der Waals surface area contributed by atoms with Crippen molar-refractivity contribution in [3.8, 4) is 5.75 Å². The van der Waals surface area contributed by atoms with Gasteiger partial charge in [-0.05, 0) is 61.0 Å². The number of aryl methyl sites for hydroxylation is 1. The number of benzene rings is 2. The van der Waals surface area contributed by atoms with Crippen LogP contribution in [0.2, 0.25) is 0 Å². The van der Waals surface area contributed by atoms with Gasteiger partial charge < -0.3 is 14.5 Å². The molecule has 1 N–H and O–H groups in total. The van der Waals surface area contributed by atoms with Crippen molar-refractivity contribution in [2.75, 3.05) is 7.11 Å². The maximum absolute atomic E-state index is 14.6. The van der Waals surface area contributed by atoms with E-state index < -0.39 is 0 Å². The molecule has 0 aliphatic rings. The summed E-state index contributed by atoms with van der Waals surface area (Å²) in [5.74, 6) is 0.101. The predicted octanol–water partition coefficient (Wildman–Crippen LogP) is 6.00. The molecule has 4 rings (SSSR count). The minimum Gasteiger partial charge on any atom is -0.493 e. The third-order valence-electron chi connectivity index (χ3n) is 5.84. The molecule has 2 aromatic heterocycles. The number of allylic oxidation sites excluding steroid dienone is 3. The zero-order valence-electron chi connectivity index (χ0n) is 19.7. The number of carbonyl (C=O) groups excluding carboxylic acids is 1. The first-order valence-electron chi connectivity index (χ1n) is 11.2. The summed E-state index contributed by atoms with van der Waals surface area (Å²) >= 11 is 0. The molecule has 6 nitrogen and oxygen atoms in total. The van der Waals surface area contributed by atoms with E-state index in [1.54, 1.807) is 37.8 Å². The largest absolute Gasteiger partial charge is 0.493 e. The summed E-state index contributed by atoms with van der Waals surface area (Å²) in [4.78, 5) is 20.3. The summed E-state index contributed by atoms with van der Waals surface area (Å²) in [5, 5.41) is 4.66. The zero-order valence-corrected chi connectivity index (χ0v) is 19.7. The van der Waals surface area contributed by atoms with Crippen molar-refractivity contribution in [1.82, 2.24) is 10.3 Å². The average molecular weight is 472 g/mol. The molecule has 0 unspecified atom stereocenters. The number of amides is 1. The van der Waals surface area contributed by atoms with E-state index in [9.17, 15) is 9.18 Å². The predicted molar refractivity (Wildman–Crippen MR) is 137 cm³/mol. The fourth-order valence-corrected chi connectivity index (χ4v) is 3.96. The molecule has 0 aliphatic carbocycles. The zero-order chi connectivity index (χ0) is 24.8.